The smallest absolute Gasteiger partial charge is 0.308 e. The number of nitriles is 2. The number of anilines is 1. The third kappa shape index (κ3) is 2.45. The second kappa shape index (κ2) is 6.38. The number of hydrogen-bond donors (Lipinski definition) is 0. The molecule has 1 saturated carbocycles. The van der Waals surface area contributed by atoms with Crippen LogP contribution in [0.3, 0.4) is 0 Å². The van der Waals surface area contributed by atoms with Crippen LogP contribution in [0.25, 0.3) is 0 Å². The predicted octanol–water partition coefficient (Wildman–Crippen LogP) is 3.52. The zero-order valence-corrected chi connectivity index (χ0v) is 14.6. The van der Waals surface area contributed by atoms with Crippen molar-refractivity contribution in [3.05, 3.63) is 28.3 Å². The number of nitrogens with zero attached hydrogens (tertiary/aromatic N) is 4. The molecule has 0 N–H and O–H groups in total. The second-order valence-electron chi connectivity index (χ2n) is 6.40. The van der Waals surface area contributed by atoms with Gasteiger partial charge in [-0.1, -0.05) is 24.4 Å². The topological polar surface area (TPSA) is 88.2 Å². The monoisotopic (exact) mass is 356 g/mol. The molecular weight excluding hydrogens is 340 g/mol. The van der Waals surface area contributed by atoms with Gasteiger partial charge in [0.15, 0.2) is 0 Å². The highest BCUT2D eigenvalue weighted by Crippen LogP contribution is 2.44. The number of halogens is 1. The van der Waals surface area contributed by atoms with E-state index in [1.807, 2.05) is 12.1 Å². The maximum Gasteiger partial charge on any atom is 0.332 e. The molecule has 3 rings (SSSR count). The first-order chi connectivity index (χ1) is 12.0. The lowest BCUT2D eigenvalue weighted by atomic mass is 9.95. The molecule has 0 radical (unpaired) electrons. The normalized spacial score (nSPS) is 18.7. The highest BCUT2D eigenvalue weighted by Gasteiger charge is 2.58. The van der Waals surface area contributed by atoms with Crippen molar-refractivity contribution in [3.63, 3.8) is 0 Å². The van der Waals surface area contributed by atoms with Gasteiger partial charge < -0.3 is 4.90 Å². The molecule has 2 aliphatic rings. The van der Waals surface area contributed by atoms with E-state index in [0.717, 1.165) is 12.8 Å². The first kappa shape index (κ1) is 17.3. The molecule has 25 heavy (non-hydrogen) atoms. The molecule has 7 heteroatoms. The molecule has 0 unspecified atom stereocenters. The van der Waals surface area contributed by atoms with Crippen LogP contribution in [0.1, 0.15) is 43.2 Å². The zero-order valence-electron chi connectivity index (χ0n) is 13.9. The molecule has 1 aromatic rings. The van der Waals surface area contributed by atoms with Crippen LogP contribution >= 0.6 is 11.6 Å². The Balaban J connectivity index is 2.08. The van der Waals surface area contributed by atoms with Gasteiger partial charge in [0.05, 0.1) is 28.8 Å². The van der Waals surface area contributed by atoms with Crippen molar-refractivity contribution in [1.29, 1.82) is 10.5 Å². The van der Waals surface area contributed by atoms with E-state index in [1.54, 1.807) is 17.9 Å². The number of urea groups is 1. The number of hydrogen-bond acceptors (Lipinski definition) is 4. The number of benzene rings is 1. The third-order valence-corrected chi connectivity index (χ3v) is 5.62. The van der Waals surface area contributed by atoms with E-state index in [2.05, 4.69) is 0 Å². The quantitative estimate of drug-likeness (QED) is 0.775. The Kier molecular flexibility index (Phi) is 4.41. The van der Waals surface area contributed by atoms with Crippen LogP contribution in [0.2, 0.25) is 5.02 Å². The SMILES string of the molecule is Cc1c(N2C(=O)N(CCC#N)C3(CCCC3)C2=O)ccc(C#N)c1Cl. The first-order valence-corrected chi connectivity index (χ1v) is 8.58. The van der Waals surface area contributed by atoms with Crippen molar-refractivity contribution >= 4 is 29.2 Å². The lowest BCUT2D eigenvalue weighted by Crippen LogP contribution is -2.47. The maximum absolute atomic E-state index is 13.2. The number of rotatable bonds is 3. The van der Waals surface area contributed by atoms with Crippen molar-refractivity contribution in [3.8, 4) is 12.1 Å². The van der Waals surface area contributed by atoms with E-state index in [4.69, 9.17) is 22.1 Å². The molecule has 0 bridgehead atoms. The Bertz CT molecular complexity index is 831. The van der Waals surface area contributed by atoms with Crippen LogP contribution in [0.4, 0.5) is 10.5 Å². The lowest BCUT2D eigenvalue weighted by Gasteiger charge is -2.30. The van der Waals surface area contributed by atoms with Crippen molar-refractivity contribution in [2.24, 2.45) is 0 Å². The first-order valence-electron chi connectivity index (χ1n) is 8.20. The molecule has 2 fully saturated rings. The Morgan fingerprint density at radius 3 is 2.52 bits per heavy atom. The minimum Gasteiger partial charge on any atom is -0.308 e. The van der Waals surface area contributed by atoms with Crippen LogP contribution in [0.5, 0.6) is 0 Å². The Labute approximate surface area is 151 Å². The summed E-state index contributed by atoms with van der Waals surface area (Å²) in [5.74, 6) is -0.253. The molecule has 1 aliphatic carbocycles. The highest BCUT2D eigenvalue weighted by molar-refractivity contribution is 6.33. The zero-order chi connectivity index (χ0) is 18.2. The van der Waals surface area contributed by atoms with E-state index in [0.29, 0.717) is 29.7 Å². The predicted molar refractivity (Wildman–Crippen MR) is 91.9 cm³/mol. The van der Waals surface area contributed by atoms with Crippen LogP contribution in [-0.2, 0) is 4.79 Å². The van der Waals surface area contributed by atoms with Gasteiger partial charge in [0.1, 0.15) is 11.6 Å². The van der Waals surface area contributed by atoms with E-state index in [-0.39, 0.29) is 23.9 Å². The minimum atomic E-state index is -0.846. The molecule has 0 atom stereocenters. The molecule has 3 amide bonds. The Morgan fingerprint density at radius 2 is 1.92 bits per heavy atom. The van der Waals surface area contributed by atoms with Crippen molar-refractivity contribution in [1.82, 2.24) is 4.90 Å². The van der Waals surface area contributed by atoms with Gasteiger partial charge in [0.25, 0.3) is 5.91 Å². The van der Waals surface area contributed by atoms with Gasteiger partial charge in [-0.3, -0.25) is 4.79 Å². The van der Waals surface area contributed by atoms with Gasteiger partial charge >= 0.3 is 6.03 Å². The molecule has 1 aliphatic heterocycles. The van der Waals surface area contributed by atoms with Gasteiger partial charge in [-0.05, 0) is 37.5 Å². The van der Waals surface area contributed by atoms with Crippen molar-refractivity contribution < 1.29 is 9.59 Å². The van der Waals surface area contributed by atoms with Gasteiger partial charge in [-0.25, -0.2) is 9.69 Å². The molecule has 1 spiro atoms. The molecule has 1 aromatic carbocycles. The molecule has 1 heterocycles. The van der Waals surface area contributed by atoms with E-state index in [1.165, 1.54) is 11.0 Å². The second-order valence-corrected chi connectivity index (χ2v) is 6.78. The molecule has 0 aromatic heterocycles. The number of carbonyl (C=O) groups excluding carboxylic acids is 2. The van der Waals surface area contributed by atoms with E-state index >= 15 is 0 Å². The average molecular weight is 357 g/mol. The fraction of sp³-hybridized carbons (Fsp3) is 0.444. The molecule has 6 nitrogen and oxygen atoms in total. The molecule has 128 valence electrons. The summed E-state index contributed by atoms with van der Waals surface area (Å²) < 4.78 is 0. The summed E-state index contributed by atoms with van der Waals surface area (Å²) in [6.45, 7) is 1.93. The van der Waals surface area contributed by atoms with Gasteiger partial charge in [0.2, 0.25) is 0 Å². The fourth-order valence-corrected chi connectivity index (χ4v) is 4.05. The highest BCUT2D eigenvalue weighted by atomic mass is 35.5. The summed E-state index contributed by atoms with van der Waals surface area (Å²) in [5, 5.41) is 18.2. The third-order valence-electron chi connectivity index (χ3n) is 5.14. The summed E-state index contributed by atoms with van der Waals surface area (Å²) in [6, 6.07) is 6.74. The van der Waals surface area contributed by atoms with Gasteiger partial charge in [-0.15, -0.1) is 0 Å². The van der Waals surface area contributed by atoms with Crippen LogP contribution in [0, 0.1) is 29.6 Å². The summed E-state index contributed by atoms with van der Waals surface area (Å²) in [5.41, 5.74) is 0.391. The Morgan fingerprint density at radius 1 is 1.24 bits per heavy atom. The number of carbonyl (C=O) groups is 2. The summed E-state index contributed by atoms with van der Waals surface area (Å²) in [4.78, 5) is 28.9. The summed E-state index contributed by atoms with van der Waals surface area (Å²) in [7, 11) is 0. The van der Waals surface area contributed by atoms with Gasteiger partial charge in [0, 0.05) is 6.54 Å². The standard InChI is InChI=1S/C18H17ClN4O2/c1-12-14(6-5-13(11-21)15(12)19)23-16(24)18(7-2-3-8-18)22(17(23)25)10-4-9-20/h5-6H,2-4,7-8,10H2,1H3. The van der Waals surface area contributed by atoms with Crippen molar-refractivity contribution in [2.75, 3.05) is 11.4 Å². The van der Waals surface area contributed by atoms with Crippen LogP contribution in [-0.4, -0.2) is 28.9 Å². The maximum atomic E-state index is 13.2. The van der Waals surface area contributed by atoms with Crippen molar-refractivity contribution in [2.45, 2.75) is 44.6 Å². The fourth-order valence-electron chi connectivity index (χ4n) is 3.85. The van der Waals surface area contributed by atoms with E-state index in [9.17, 15) is 9.59 Å². The van der Waals surface area contributed by atoms with Gasteiger partial charge in [-0.2, -0.15) is 10.5 Å². The summed E-state index contributed by atoms with van der Waals surface area (Å²) in [6.07, 6.45) is 3.17. The number of imide groups is 1. The van der Waals surface area contributed by atoms with Crippen LogP contribution < -0.4 is 4.90 Å². The summed E-state index contributed by atoms with van der Waals surface area (Å²) >= 11 is 6.22. The lowest BCUT2D eigenvalue weighted by molar-refractivity contribution is -0.124. The Hall–Kier alpha value is -2.57. The van der Waals surface area contributed by atoms with E-state index < -0.39 is 11.6 Å². The molecule has 1 saturated heterocycles. The average Bonchev–Trinajstić information content (AvgIpc) is 3.16. The largest absolute Gasteiger partial charge is 0.332 e. The van der Waals surface area contributed by atoms with Crippen LogP contribution in [0.15, 0.2) is 12.1 Å². The molecular formula is C18H17ClN4O2. The minimum absolute atomic E-state index is 0.182. The number of amides is 3.